The van der Waals surface area contributed by atoms with Crippen LogP contribution < -0.4 is 10.7 Å². The van der Waals surface area contributed by atoms with Gasteiger partial charge in [0.05, 0.1) is 21.3 Å². The fourth-order valence-corrected chi connectivity index (χ4v) is 2.77. The maximum absolute atomic E-state index is 14.0. The lowest BCUT2D eigenvalue weighted by atomic mass is 10.2. The molecule has 0 amide bonds. The van der Waals surface area contributed by atoms with Crippen LogP contribution in [0.25, 0.3) is 27.5 Å². The number of aromatic amines is 1. The summed E-state index contributed by atoms with van der Waals surface area (Å²) in [5, 5.41) is 23.1. The smallest absolute Gasteiger partial charge is 0.270 e. The number of nitro benzene ring substituents is 1. The molecule has 1 N–H and O–H groups in total. The summed E-state index contributed by atoms with van der Waals surface area (Å²) in [6.45, 7) is 0. The number of halogens is 1. The van der Waals surface area contributed by atoms with Crippen molar-refractivity contribution in [3.8, 4) is 5.75 Å². The van der Waals surface area contributed by atoms with Crippen molar-refractivity contribution in [3.63, 3.8) is 0 Å². The molecule has 0 atom stereocenters. The summed E-state index contributed by atoms with van der Waals surface area (Å²) in [7, 11) is 0. The number of aromatic nitrogens is 2. The van der Waals surface area contributed by atoms with E-state index in [1.165, 1.54) is 24.3 Å². The van der Waals surface area contributed by atoms with Crippen molar-refractivity contribution in [2.45, 2.75) is 0 Å². The minimum atomic E-state index is -0.707. The number of hydrogen-bond acceptors (Lipinski definition) is 4. The van der Waals surface area contributed by atoms with E-state index in [4.69, 9.17) is 0 Å². The molecular formula is C15H7FN3O4-. The number of rotatable bonds is 1. The number of nitrogens with one attached hydrogen (secondary N) is 1. The first kappa shape index (κ1) is 13.3. The Bertz CT molecular complexity index is 1190. The second-order valence-corrected chi connectivity index (χ2v) is 5.06. The van der Waals surface area contributed by atoms with Crippen LogP contribution in [-0.4, -0.2) is 14.3 Å². The Morgan fingerprint density at radius 1 is 1.22 bits per heavy atom. The molecule has 0 aliphatic rings. The monoisotopic (exact) mass is 312 g/mol. The third kappa shape index (κ3) is 1.65. The summed E-state index contributed by atoms with van der Waals surface area (Å²) < 4.78 is 15.0. The number of fused-ring (bicyclic) bond motifs is 4. The van der Waals surface area contributed by atoms with Gasteiger partial charge in [-0.2, -0.15) is 0 Å². The lowest BCUT2D eigenvalue weighted by Crippen LogP contribution is -2.15. The van der Waals surface area contributed by atoms with Crippen LogP contribution in [0.4, 0.5) is 10.1 Å². The van der Waals surface area contributed by atoms with Gasteiger partial charge in [-0.05, 0) is 18.2 Å². The first-order valence-electron chi connectivity index (χ1n) is 6.59. The first-order chi connectivity index (χ1) is 11.0. The Labute approximate surface area is 126 Å². The molecule has 4 rings (SSSR count). The average molecular weight is 312 g/mol. The third-order valence-corrected chi connectivity index (χ3v) is 3.80. The molecule has 2 heterocycles. The van der Waals surface area contributed by atoms with Gasteiger partial charge in [-0.1, -0.05) is 11.8 Å². The Morgan fingerprint density at radius 2 is 2.00 bits per heavy atom. The zero-order valence-electron chi connectivity index (χ0n) is 11.4. The molecule has 114 valence electrons. The van der Waals surface area contributed by atoms with Crippen molar-refractivity contribution in [2.75, 3.05) is 0 Å². The zero-order chi connectivity index (χ0) is 16.3. The van der Waals surface area contributed by atoms with E-state index in [0.717, 1.165) is 16.5 Å². The van der Waals surface area contributed by atoms with E-state index in [1.54, 1.807) is 0 Å². The lowest BCUT2D eigenvalue weighted by molar-refractivity contribution is -0.384. The van der Waals surface area contributed by atoms with Crippen molar-refractivity contribution < 1.29 is 14.4 Å². The molecular weight excluding hydrogens is 305 g/mol. The minimum Gasteiger partial charge on any atom is -0.870 e. The number of non-ortho nitro benzene ring substituents is 1. The van der Waals surface area contributed by atoms with Crippen LogP contribution in [0.2, 0.25) is 0 Å². The summed E-state index contributed by atoms with van der Waals surface area (Å²) in [5.41, 5.74) is -0.607. The summed E-state index contributed by atoms with van der Waals surface area (Å²) in [4.78, 5) is 25.5. The Kier molecular flexibility index (Phi) is 2.47. The molecule has 2 aromatic heterocycles. The number of nitro groups is 1. The van der Waals surface area contributed by atoms with Crippen molar-refractivity contribution in [1.29, 1.82) is 0 Å². The van der Waals surface area contributed by atoms with Gasteiger partial charge in [-0.3, -0.25) is 19.3 Å². The van der Waals surface area contributed by atoms with Crippen LogP contribution in [0.15, 0.2) is 41.2 Å². The van der Waals surface area contributed by atoms with Crippen LogP contribution in [0.1, 0.15) is 0 Å². The summed E-state index contributed by atoms with van der Waals surface area (Å²) in [6.07, 6.45) is 0. The van der Waals surface area contributed by atoms with Gasteiger partial charge in [-0.25, -0.2) is 4.39 Å². The van der Waals surface area contributed by atoms with Crippen LogP contribution >= 0.6 is 0 Å². The molecule has 4 aromatic rings. The summed E-state index contributed by atoms with van der Waals surface area (Å²) >= 11 is 0. The molecule has 2 aromatic carbocycles. The second kappa shape index (κ2) is 4.29. The summed E-state index contributed by atoms with van der Waals surface area (Å²) in [6, 6.07) is 7.67. The fraction of sp³-hybridized carbons (Fsp3) is 0. The van der Waals surface area contributed by atoms with Gasteiger partial charge in [0.2, 0.25) is 0 Å². The number of hydrogen-bond donors (Lipinski definition) is 1. The standard InChI is InChI=1S/C15H8FN3O4/c16-9-2-1-3-10-12(9)15(21)18-11-5-4-7(19(22)23)6-8(11)13(20)14(18)17-10/h1-6,17,20H/p-1. The van der Waals surface area contributed by atoms with Crippen molar-refractivity contribution >= 4 is 33.1 Å². The van der Waals surface area contributed by atoms with Gasteiger partial charge in [0.25, 0.3) is 11.2 Å². The van der Waals surface area contributed by atoms with Crippen LogP contribution in [0.3, 0.4) is 0 Å². The maximum atomic E-state index is 14.0. The van der Waals surface area contributed by atoms with Gasteiger partial charge < -0.3 is 10.1 Å². The molecule has 7 nitrogen and oxygen atoms in total. The van der Waals surface area contributed by atoms with Crippen molar-refractivity contribution in [2.24, 2.45) is 0 Å². The van der Waals surface area contributed by atoms with Gasteiger partial charge in [0, 0.05) is 17.5 Å². The van der Waals surface area contributed by atoms with Crippen molar-refractivity contribution in [1.82, 2.24) is 9.38 Å². The van der Waals surface area contributed by atoms with E-state index >= 15 is 0 Å². The highest BCUT2D eigenvalue weighted by Gasteiger charge is 2.16. The first-order valence-corrected chi connectivity index (χ1v) is 6.59. The minimum absolute atomic E-state index is 0.0308. The van der Waals surface area contributed by atoms with E-state index in [-0.39, 0.29) is 33.1 Å². The SMILES string of the molecule is O=c1c2c(F)cccc2[nH]c2c([O-])c3cc([N+](=O)[O-])ccc3n12. The van der Waals surface area contributed by atoms with E-state index in [1.807, 2.05) is 0 Å². The van der Waals surface area contributed by atoms with Crippen LogP contribution in [0, 0.1) is 15.9 Å². The third-order valence-electron chi connectivity index (χ3n) is 3.80. The average Bonchev–Trinajstić information content (AvgIpc) is 2.80. The highest BCUT2D eigenvalue weighted by atomic mass is 19.1. The summed E-state index contributed by atoms with van der Waals surface area (Å²) in [5.74, 6) is -1.26. The number of nitrogens with zero attached hydrogens (tertiary/aromatic N) is 2. The van der Waals surface area contributed by atoms with Gasteiger partial charge >= 0.3 is 0 Å². The number of H-pyrrole nitrogens is 1. The highest BCUT2D eigenvalue weighted by Crippen LogP contribution is 2.32. The predicted octanol–water partition coefficient (Wildman–Crippen LogP) is 2.05. The maximum Gasteiger partial charge on any atom is 0.270 e. The van der Waals surface area contributed by atoms with Gasteiger partial charge in [-0.15, -0.1) is 0 Å². The Morgan fingerprint density at radius 3 is 2.74 bits per heavy atom. The zero-order valence-corrected chi connectivity index (χ0v) is 11.4. The largest absolute Gasteiger partial charge is 0.870 e. The van der Waals surface area contributed by atoms with Crippen molar-refractivity contribution in [3.05, 3.63) is 62.7 Å². The molecule has 0 bridgehead atoms. The topological polar surface area (TPSA) is 103 Å². The van der Waals surface area contributed by atoms with E-state index in [2.05, 4.69) is 4.98 Å². The molecule has 0 saturated carbocycles. The Balaban J connectivity index is 2.29. The van der Waals surface area contributed by atoms with E-state index in [9.17, 15) is 24.4 Å². The molecule has 23 heavy (non-hydrogen) atoms. The normalized spacial score (nSPS) is 11.5. The lowest BCUT2D eigenvalue weighted by Gasteiger charge is -2.06. The molecule has 0 fully saturated rings. The predicted molar refractivity (Wildman–Crippen MR) is 79.1 cm³/mol. The molecule has 0 spiro atoms. The highest BCUT2D eigenvalue weighted by molar-refractivity contribution is 5.97. The van der Waals surface area contributed by atoms with Gasteiger partial charge in [0.15, 0.2) is 0 Å². The molecule has 0 unspecified atom stereocenters. The molecule has 0 radical (unpaired) electrons. The van der Waals surface area contributed by atoms with Crippen LogP contribution in [0.5, 0.6) is 5.75 Å². The second-order valence-electron chi connectivity index (χ2n) is 5.06. The molecule has 0 aliphatic heterocycles. The number of benzene rings is 2. The Hall–Kier alpha value is -3.42. The van der Waals surface area contributed by atoms with Gasteiger partial charge in [0.1, 0.15) is 11.5 Å². The fourth-order valence-electron chi connectivity index (χ4n) is 2.77. The van der Waals surface area contributed by atoms with E-state index in [0.29, 0.717) is 0 Å². The van der Waals surface area contributed by atoms with E-state index < -0.39 is 22.0 Å². The molecule has 0 saturated heterocycles. The molecule has 0 aliphatic carbocycles. The quantitative estimate of drug-likeness (QED) is 0.429. The molecule has 8 heteroatoms. The van der Waals surface area contributed by atoms with Crippen LogP contribution in [-0.2, 0) is 0 Å².